The van der Waals surface area contributed by atoms with Crippen LogP contribution in [0.5, 0.6) is 0 Å². The maximum absolute atomic E-state index is 4.83. The van der Waals surface area contributed by atoms with Crippen LogP contribution in [-0.4, -0.2) is 19.6 Å². The van der Waals surface area contributed by atoms with Gasteiger partial charge in [0.1, 0.15) is 0 Å². The first-order valence-electron chi connectivity index (χ1n) is 13.7. The van der Waals surface area contributed by atoms with E-state index >= 15 is 0 Å². The van der Waals surface area contributed by atoms with E-state index in [-0.39, 0.29) is 0 Å². The monoisotopic (exact) mass is 527 g/mol. The molecule has 5 nitrogen and oxygen atoms in total. The zero-order valence-corrected chi connectivity index (χ0v) is 22.2. The lowest BCUT2D eigenvalue weighted by atomic mass is 10.1. The van der Waals surface area contributed by atoms with E-state index < -0.39 is 0 Å². The van der Waals surface area contributed by atoms with Crippen LogP contribution < -0.4 is 4.90 Å². The first-order valence-corrected chi connectivity index (χ1v) is 13.7. The van der Waals surface area contributed by atoms with Crippen molar-refractivity contribution >= 4 is 49.6 Å². The highest BCUT2D eigenvalue weighted by Crippen LogP contribution is 2.37. The highest BCUT2D eigenvalue weighted by Gasteiger charge is 2.16. The molecule has 0 fully saturated rings. The molecule has 2 heterocycles. The van der Waals surface area contributed by atoms with E-state index in [1.807, 2.05) is 45.8 Å². The van der Waals surface area contributed by atoms with Crippen molar-refractivity contribution in [3.63, 3.8) is 0 Å². The summed E-state index contributed by atoms with van der Waals surface area (Å²) >= 11 is 0. The van der Waals surface area contributed by atoms with E-state index in [2.05, 4.69) is 120 Å². The Kier molecular flexibility index (Phi) is 5.38. The molecule has 2 aromatic heterocycles. The molecule has 0 saturated heterocycles. The van der Waals surface area contributed by atoms with Gasteiger partial charge in [-0.15, -0.1) is 0 Å². The lowest BCUT2D eigenvalue weighted by Gasteiger charge is -2.26. The third-order valence-electron chi connectivity index (χ3n) is 7.52. The molecule has 0 bridgehead atoms. The van der Waals surface area contributed by atoms with E-state index in [9.17, 15) is 0 Å². The quantitative estimate of drug-likeness (QED) is 0.224. The standard InChI is InChI=1S/C36H25N5/c1-2-10-27-21-34(20-19-26(27)9-1)41(32-15-7-13-30(22-32)39-24-28-11-3-5-17-35(28)37-39)33-16-8-14-31(23-33)40-25-29-12-4-6-18-36(29)38-40/h1-25H. The molecule has 0 spiro atoms. The van der Waals surface area contributed by atoms with Crippen LogP contribution in [0.15, 0.2) is 152 Å². The maximum atomic E-state index is 4.83. The molecule has 0 N–H and O–H groups in total. The fourth-order valence-corrected chi connectivity index (χ4v) is 5.51. The summed E-state index contributed by atoms with van der Waals surface area (Å²) in [5.74, 6) is 0. The van der Waals surface area contributed by atoms with Crippen molar-refractivity contribution in [2.24, 2.45) is 0 Å². The third kappa shape index (κ3) is 4.21. The number of rotatable bonds is 5. The van der Waals surface area contributed by atoms with Crippen molar-refractivity contribution in [2.75, 3.05) is 4.90 Å². The predicted molar refractivity (Wildman–Crippen MR) is 168 cm³/mol. The van der Waals surface area contributed by atoms with Crippen LogP contribution in [0.3, 0.4) is 0 Å². The molecule has 0 atom stereocenters. The van der Waals surface area contributed by atoms with Gasteiger partial charge in [0.05, 0.1) is 22.4 Å². The molecule has 41 heavy (non-hydrogen) atoms. The lowest BCUT2D eigenvalue weighted by molar-refractivity contribution is 0.894. The van der Waals surface area contributed by atoms with E-state index in [0.717, 1.165) is 50.2 Å². The fraction of sp³-hybridized carbons (Fsp3) is 0. The zero-order valence-electron chi connectivity index (χ0n) is 22.2. The lowest BCUT2D eigenvalue weighted by Crippen LogP contribution is -2.11. The molecular formula is C36H25N5. The number of nitrogens with zero attached hydrogens (tertiary/aromatic N) is 5. The van der Waals surface area contributed by atoms with Crippen molar-refractivity contribution in [3.05, 3.63) is 152 Å². The van der Waals surface area contributed by atoms with Gasteiger partial charge in [-0.05, 0) is 71.4 Å². The fourth-order valence-electron chi connectivity index (χ4n) is 5.51. The van der Waals surface area contributed by atoms with Gasteiger partial charge in [-0.3, -0.25) is 0 Å². The van der Waals surface area contributed by atoms with Gasteiger partial charge in [0, 0.05) is 40.2 Å². The Morgan fingerprint density at radius 2 is 0.878 bits per heavy atom. The van der Waals surface area contributed by atoms with Gasteiger partial charge in [0.25, 0.3) is 0 Å². The molecule has 0 aliphatic carbocycles. The molecule has 8 rings (SSSR count). The van der Waals surface area contributed by atoms with Gasteiger partial charge in [0.2, 0.25) is 0 Å². The molecule has 0 radical (unpaired) electrons. The largest absolute Gasteiger partial charge is 0.310 e. The van der Waals surface area contributed by atoms with E-state index in [0.29, 0.717) is 0 Å². The van der Waals surface area contributed by atoms with Gasteiger partial charge in [-0.1, -0.05) is 78.9 Å². The summed E-state index contributed by atoms with van der Waals surface area (Å²) < 4.78 is 3.91. The topological polar surface area (TPSA) is 38.9 Å². The SMILES string of the molecule is c1cc(N(c2cccc(-n3cc4ccccc4n3)c2)c2ccc3ccccc3c2)cc(-n2cc3ccccc3n2)c1. The van der Waals surface area contributed by atoms with Gasteiger partial charge >= 0.3 is 0 Å². The Morgan fingerprint density at radius 3 is 1.44 bits per heavy atom. The van der Waals surface area contributed by atoms with Gasteiger partial charge < -0.3 is 4.90 Å². The molecule has 194 valence electrons. The second-order valence-corrected chi connectivity index (χ2v) is 10.2. The number of fused-ring (bicyclic) bond motifs is 3. The van der Waals surface area contributed by atoms with Gasteiger partial charge in [-0.2, -0.15) is 10.2 Å². The second kappa shape index (κ2) is 9.50. The minimum atomic E-state index is 0.976. The summed E-state index contributed by atoms with van der Waals surface area (Å²) in [5, 5.41) is 14.3. The highest BCUT2D eigenvalue weighted by atomic mass is 15.3. The third-order valence-corrected chi connectivity index (χ3v) is 7.52. The molecule has 6 aromatic carbocycles. The maximum Gasteiger partial charge on any atom is 0.0927 e. The van der Waals surface area contributed by atoms with Crippen LogP contribution in [0.1, 0.15) is 0 Å². The molecule has 0 saturated carbocycles. The molecule has 5 heteroatoms. The Bertz CT molecular complexity index is 2000. The minimum absolute atomic E-state index is 0.976. The van der Waals surface area contributed by atoms with Crippen LogP contribution in [0.2, 0.25) is 0 Å². The summed E-state index contributed by atoms with van der Waals surface area (Å²) in [6.07, 6.45) is 4.16. The van der Waals surface area contributed by atoms with E-state index in [1.165, 1.54) is 10.8 Å². The smallest absolute Gasteiger partial charge is 0.0927 e. The number of hydrogen-bond donors (Lipinski definition) is 0. The molecule has 0 amide bonds. The molecule has 0 aliphatic heterocycles. The second-order valence-electron chi connectivity index (χ2n) is 10.2. The minimum Gasteiger partial charge on any atom is -0.310 e. The first kappa shape index (κ1) is 23.2. The van der Waals surface area contributed by atoms with Crippen molar-refractivity contribution in [2.45, 2.75) is 0 Å². The van der Waals surface area contributed by atoms with Crippen molar-refractivity contribution in [1.29, 1.82) is 0 Å². The molecule has 8 aromatic rings. The van der Waals surface area contributed by atoms with Crippen molar-refractivity contribution < 1.29 is 0 Å². The van der Waals surface area contributed by atoms with Crippen LogP contribution in [0.4, 0.5) is 17.1 Å². The number of benzene rings is 6. The Balaban J connectivity index is 1.29. The summed E-state index contributed by atoms with van der Waals surface area (Å²) in [5.41, 5.74) is 7.11. The number of anilines is 3. The average Bonchev–Trinajstić information content (AvgIpc) is 3.67. The molecule has 0 unspecified atom stereocenters. The summed E-state index contributed by atoms with van der Waals surface area (Å²) in [6, 6.07) is 48.6. The Hall–Kier alpha value is -5.68. The normalized spacial score (nSPS) is 11.4. The van der Waals surface area contributed by atoms with Gasteiger partial charge in [0.15, 0.2) is 0 Å². The Labute approximate surface area is 237 Å². The zero-order chi connectivity index (χ0) is 27.2. The molecule has 0 aliphatic rings. The van der Waals surface area contributed by atoms with Crippen molar-refractivity contribution in [3.8, 4) is 11.4 Å². The van der Waals surface area contributed by atoms with Crippen LogP contribution >= 0.6 is 0 Å². The van der Waals surface area contributed by atoms with E-state index in [4.69, 9.17) is 10.2 Å². The van der Waals surface area contributed by atoms with E-state index in [1.54, 1.807) is 0 Å². The Morgan fingerprint density at radius 1 is 0.390 bits per heavy atom. The van der Waals surface area contributed by atoms with Crippen molar-refractivity contribution in [1.82, 2.24) is 19.6 Å². The summed E-state index contributed by atoms with van der Waals surface area (Å²) in [7, 11) is 0. The highest BCUT2D eigenvalue weighted by molar-refractivity contribution is 5.89. The van der Waals surface area contributed by atoms with Crippen LogP contribution in [-0.2, 0) is 0 Å². The van der Waals surface area contributed by atoms with Gasteiger partial charge in [-0.25, -0.2) is 9.36 Å². The molecular weight excluding hydrogens is 502 g/mol. The van der Waals surface area contributed by atoms with Crippen LogP contribution in [0, 0.1) is 0 Å². The predicted octanol–water partition coefficient (Wildman–Crippen LogP) is 8.99. The first-order chi connectivity index (χ1) is 20.3. The number of aromatic nitrogens is 4. The summed E-state index contributed by atoms with van der Waals surface area (Å²) in [4.78, 5) is 2.30. The average molecular weight is 528 g/mol. The summed E-state index contributed by atoms with van der Waals surface area (Å²) in [6.45, 7) is 0. The van der Waals surface area contributed by atoms with Crippen LogP contribution in [0.25, 0.3) is 44.0 Å². The number of hydrogen-bond acceptors (Lipinski definition) is 3.